The van der Waals surface area contributed by atoms with Gasteiger partial charge < -0.3 is 9.47 Å². The van der Waals surface area contributed by atoms with Gasteiger partial charge in [-0.05, 0) is 13.0 Å². The lowest BCUT2D eigenvalue weighted by Gasteiger charge is -2.25. The summed E-state index contributed by atoms with van der Waals surface area (Å²) in [6.07, 6.45) is -3.50. The van der Waals surface area contributed by atoms with E-state index in [1.165, 1.54) is 17.8 Å². The fourth-order valence-electron chi connectivity index (χ4n) is 2.94. The molecule has 3 unspecified atom stereocenters. The molecular weight excluding hydrogens is 362 g/mol. The maximum absolute atomic E-state index is 13.3. The Bertz CT molecular complexity index is 832. The van der Waals surface area contributed by atoms with Crippen LogP contribution in [0.5, 0.6) is 0 Å². The first-order valence-corrected chi connectivity index (χ1v) is 9.08. The number of ketones is 1. The SMILES string of the molecule is Cc1ccc(-c2cc(C(F)F)nc(SC3CC(=O)C4OCC3O4)n2)cc1. The van der Waals surface area contributed by atoms with Crippen LogP contribution in [0.2, 0.25) is 0 Å². The molecule has 2 aliphatic rings. The summed E-state index contributed by atoms with van der Waals surface area (Å²) in [6.45, 7) is 2.26. The summed E-state index contributed by atoms with van der Waals surface area (Å²) in [5, 5.41) is -0.0369. The van der Waals surface area contributed by atoms with E-state index in [0.717, 1.165) is 11.1 Å². The fourth-order valence-corrected chi connectivity index (χ4v) is 4.06. The molecule has 5 nitrogen and oxygen atoms in total. The van der Waals surface area contributed by atoms with Crippen LogP contribution in [0.3, 0.4) is 0 Å². The molecule has 3 heterocycles. The molecule has 0 saturated carbocycles. The summed E-state index contributed by atoms with van der Waals surface area (Å²) < 4.78 is 37.4. The van der Waals surface area contributed by atoms with Crippen molar-refractivity contribution in [3.05, 3.63) is 41.6 Å². The molecule has 1 aromatic carbocycles. The zero-order chi connectivity index (χ0) is 18.3. The van der Waals surface area contributed by atoms with E-state index in [2.05, 4.69) is 9.97 Å². The number of carbonyl (C=O) groups excluding carboxylic acids is 1. The van der Waals surface area contributed by atoms with Crippen LogP contribution in [-0.2, 0) is 14.3 Å². The zero-order valence-corrected chi connectivity index (χ0v) is 14.7. The number of halogens is 2. The Balaban J connectivity index is 1.65. The average molecular weight is 378 g/mol. The van der Waals surface area contributed by atoms with Gasteiger partial charge in [-0.3, -0.25) is 4.79 Å². The first-order chi connectivity index (χ1) is 12.5. The van der Waals surface area contributed by atoms with Crippen molar-refractivity contribution in [1.82, 2.24) is 9.97 Å². The molecule has 0 radical (unpaired) electrons. The van der Waals surface area contributed by atoms with Gasteiger partial charge in [0.15, 0.2) is 10.9 Å². The maximum atomic E-state index is 13.3. The van der Waals surface area contributed by atoms with Crippen LogP contribution in [0.4, 0.5) is 8.78 Å². The lowest BCUT2D eigenvalue weighted by atomic mass is 10.1. The fraction of sp³-hybridized carbons (Fsp3) is 0.389. The number of alkyl halides is 2. The quantitative estimate of drug-likeness (QED) is 0.758. The normalized spacial score (nSPS) is 25.1. The Labute approximate surface area is 153 Å². The Kier molecular flexibility index (Phi) is 4.73. The number of hydrogen-bond donors (Lipinski definition) is 0. The number of nitrogens with zero attached hydrogens (tertiary/aromatic N) is 2. The molecule has 0 amide bonds. The highest BCUT2D eigenvalue weighted by Gasteiger charge is 2.44. The Morgan fingerprint density at radius 2 is 2.00 bits per heavy atom. The lowest BCUT2D eigenvalue weighted by molar-refractivity contribution is -0.151. The molecule has 26 heavy (non-hydrogen) atoms. The minimum atomic E-state index is -2.70. The van der Waals surface area contributed by atoms with Crippen LogP contribution in [0.25, 0.3) is 11.3 Å². The molecule has 8 heteroatoms. The van der Waals surface area contributed by atoms with E-state index in [9.17, 15) is 13.6 Å². The second-order valence-corrected chi connectivity index (χ2v) is 7.50. The molecule has 0 aliphatic carbocycles. The van der Waals surface area contributed by atoms with Gasteiger partial charge in [0.05, 0.1) is 18.4 Å². The third-order valence-corrected chi connectivity index (χ3v) is 5.51. The maximum Gasteiger partial charge on any atom is 0.280 e. The Morgan fingerprint density at radius 1 is 1.23 bits per heavy atom. The van der Waals surface area contributed by atoms with E-state index in [4.69, 9.17) is 9.47 Å². The lowest BCUT2D eigenvalue weighted by Crippen LogP contribution is -2.37. The molecule has 2 saturated heterocycles. The first kappa shape index (κ1) is 17.5. The summed E-state index contributed by atoms with van der Waals surface area (Å²) in [5.74, 6) is -0.139. The van der Waals surface area contributed by atoms with E-state index in [0.29, 0.717) is 12.3 Å². The summed E-state index contributed by atoms with van der Waals surface area (Å²) >= 11 is 1.19. The molecule has 4 rings (SSSR count). The summed E-state index contributed by atoms with van der Waals surface area (Å²) in [4.78, 5) is 20.3. The summed E-state index contributed by atoms with van der Waals surface area (Å²) in [7, 11) is 0. The molecule has 0 N–H and O–H groups in total. The van der Waals surface area contributed by atoms with Crippen LogP contribution in [0, 0.1) is 6.92 Å². The molecule has 2 fully saturated rings. The number of fused-ring (bicyclic) bond motifs is 2. The van der Waals surface area contributed by atoms with Crippen molar-refractivity contribution in [1.29, 1.82) is 0 Å². The number of benzene rings is 1. The van der Waals surface area contributed by atoms with Crippen LogP contribution >= 0.6 is 11.8 Å². The van der Waals surface area contributed by atoms with Crippen molar-refractivity contribution >= 4 is 17.5 Å². The smallest absolute Gasteiger partial charge is 0.280 e. The van der Waals surface area contributed by atoms with Crippen molar-refractivity contribution in [2.24, 2.45) is 0 Å². The van der Waals surface area contributed by atoms with Gasteiger partial charge >= 0.3 is 0 Å². The average Bonchev–Trinajstić information content (AvgIpc) is 3.06. The van der Waals surface area contributed by atoms with Gasteiger partial charge in [-0.1, -0.05) is 41.6 Å². The van der Waals surface area contributed by atoms with Gasteiger partial charge in [0.25, 0.3) is 6.43 Å². The predicted molar refractivity (Wildman–Crippen MR) is 91.0 cm³/mol. The molecule has 0 spiro atoms. The minimum Gasteiger partial charge on any atom is -0.343 e. The molecule has 2 bridgehead atoms. The van der Waals surface area contributed by atoms with Crippen molar-refractivity contribution in [3.63, 3.8) is 0 Å². The van der Waals surface area contributed by atoms with E-state index in [-0.39, 0.29) is 34.4 Å². The van der Waals surface area contributed by atoms with Crippen LogP contribution in [-0.4, -0.2) is 40.0 Å². The third kappa shape index (κ3) is 3.49. The van der Waals surface area contributed by atoms with Gasteiger partial charge in [0.1, 0.15) is 5.69 Å². The number of carbonyl (C=O) groups is 1. The van der Waals surface area contributed by atoms with E-state index >= 15 is 0 Å². The number of hydrogen-bond acceptors (Lipinski definition) is 6. The molecule has 2 aliphatic heterocycles. The van der Waals surface area contributed by atoms with Gasteiger partial charge in [0.2, 0.25) is 6.29 Å². The molecule has 1 aromatic heterocycles. The molecule has 3 atom stereocenters. The third-order valence-electron chi connectivity index (χ3n) is 4.34. The number of aryl methyl sites for hydroxylation is 1. The highest BCUT2D eigenvalue weighted by molar-refractivity contribution is 7.99. The highest BCUT2D eigenvalue weighted by atomic mass is 32.2. The Morgan fingerprint density at radius 3 is 2.73 bits per heavy atom. The summed E-state index contributed by atoms with van der Waals surface area (Å²) in [6, 6.07) is 8.77. The van der Waals surface area contributed by atoms with Crippen molar-refractivity contribution in [2.75, 3.05) is 6.61 Å². The van der Waals surface area contributed by atoms with Gasteiger partial charge in [0, 0.05) is 17.2 Å². The molecular formula is C18H16F2N2O3S. The largest absolute Gasteiger partial charge is 0.343 e. The monoisotopic (exact) mass is 378 g/mol. The van der Waals surface area contributed by atoms with E-state index in [1.807, 2.05) is 31.2 Å². The van der Waals surface area contributed by atoms with Crippen LogP contribution < -0.4 is 0 Å². The van der Waals surface area contributed by atoms with Crippen molar-refractivity contribution < 1.29 is 23.0 Å². The number of thioether (sulfide) groups is 1. The Hall–Kier alpha value is -1.90. The number of ether oxygens (including phenoxy) is 2. The predicted octanol–water partition coefficient (Wildman–Crippen LogP) is 3.56. The van der Waals surface area contributed by atoms with E-state index in [1.54, 1.807) is 0 Å². The highest BCUT2D eigenvalue weighted by Crippen LogP contribution is 2.36. The zero-order valence-electron chi connectivity index (χ0n) is 13.9. The van der Waals surface area contributed by atoms with E-state index < -0.39 is 12.7 Å². The second kappa shape index (κ2) is 7.02. The second-order valence-electron chi connectivity index (χ2n) is 6.29. The number of aromatic nitrogens is 2. The van der Waals surface area contributed by atoms with Crippen LogP contribution in [0.1, 0.15) is 24.1 Å². The van der Waals surface area contributed by atoms with Gasteiger partial charge in [-0.25, -0.2) is 18.7 Å². The number of rotatable bonds is 4. The molecule has 136 valence electrons. The summed E-state index contributed by atoms with van der Waals surface area (Å²) in [5.41, 5.74) is 1.91. The minimum absolute atomic E-state index is 0.139. The standard InChI is InChI=1S/C18H16F2N2O3S/c1-9-2-4-10(5-3-9)11-6-12(16(19)20)22-18(21-11)26-15-7-13(23)17-24-8-14(15)25-17/h2-6,14-17H,7-8H2,1H3. The number of Topliss-reactive ketones (excluding diaryl/α,β-unsaturated/α-hetero) is 1. The topological polar surface area (TPSA) is 61.3 Å². The first-order valence-electron chi connectivity index (χ1n) is 8.20. The van der Waals surface area contributed by atoms with Gasteiger partial charge in [-0.2, -0.15) is 0 Å². The van der Waals surface area contributed by atoms with Crippen molar-refractivity contribution in [2.45, 2.75) is 42.6 Å². The van der Waals surface area contributed by atoms with Crippen LogP contribution in [0.15, 0.2) is 35.5 Å². The molecule has 2 aromatic rings. The van der Waals surface area contributed by atoms with Gasteiger partial charge in [-0.15, -0.1) is 0 Å². The van der Waals surface area contributed by atoms with Crippen molar-refractivity contribution in [3.8, 4) is 11.3 Å².